The van der Waals surface area contributed by atoms with Crippen LogP contribution in [0.3, 0.4) is 0 Å². The number of aromatic carboxylic acids is 1. The number of halogens is 2. The van der Waals surface area contributed by atoms with Crippen LogP contribution in [0.2, 0.25) is 10.0 Å². The van der Waals surface area contributed by atoms with Crippen molar-refractivity contribution in [3.05, 3.63) is 85.4 Å². The summed E-state index contributed by atoms with van der Waals surface area (Å²) in [5.74, 6) is -1.82. The van der Waals surface area contributed by atoms with Gasteiger partial charge in [-0.25, -0.2) is 14.6 Å². The molecule has 0 amide bonds. The molecule has 0 bridgehead atoms. The van der Waals surface area contributed by atoms with Crippen LogP contribution >= 0.6 is 23.2 Å². The van der Waals surface area contributed by atoms with E-state index >= 15 is 0 Å². The summed E-state index contributed by atoms with van der Waals surface area (Å²) in [5, 5.41) is 10.3. The lowest BCUT2D eigenvalue weighted by Crippen LogP contribution is -2.26. The molecule has 0 saturated carbocycles. The SMILES string of the molecule is CCOC(=O)c1cccc(Cc2cc(=O)c(C(=O)O)c(-c3ccc(Cl)c(Cl)c3)n2CC)[nH+]1. The maximum atomic E-state index is 12.8. The molecule has 9 heteroatoms. The Morgan fingerprint density at radius 3 is 2.47 bits per heavy atom. The van der Waals surface area contributed by atoms with E-state index in [1.54, 1.807) is 41.8 Å². The minimum Gasteiger partial charge on any atom is -0.477 e. The number of carboxylic acid groups (broad SMARTS) is 1. The summed E-state index contributed by atoms with van der Waals surface area (Å²) in [7, 11) is 0. The van der Waals surface area contributed by atoms with Gasteiger partial charge in [-0.15, -0.1) is 0 Å². The number of aromatic amines is 1. The van der Waals surface area contributed by atoms with E-state index in [1.165, 1.54) is 12.1 Å². The average Bonchev–Trinajstić information content (AvgIpc) is 2.75. The summed E-state index contributed by atoms with van der Waals surface area (Å²) in [6.07, 6.45) is 0.255. The number of nitrogens with zero attached hydrogens (tertiary/aromatic N) is 1. The van der Waals surface area contributed by atoms with Gasteiger partial charge >= 0.3 is 11.9 Å². The zero-order valence-electron chi connectivity index (χ0n) is 17.4. The number of rotatable bonds is 7. The summed E-state index contributed by atoms with van der Waals surface area (Å²) in [6, 6.07) is 11.1. The van der Waals surface area contributed by atoms with Gasteiger partial charge in [0, 0.05) is 36.0 Å². The van der Waals surface area contributed by atoms with E-state index in [-0.39, 0.29) is 35.0 Å². The van der Waals surface area contributed by atoms with Crippen molar-refractivity contribution in [3.8, 4) is 11.3 Å². The van der Waals surface area contributed by atoms with Crippen molar-refractivity contribution in [1.82, 2.24) is 4.57 Å². The molecule has 3 aromatic rings. The highest BCUT2D eigenvalue weighted by Gasteiger charge is 2.24. The number of pyridine rings is 2. The van der Waals surface area contributed by atoms with E-state index in [9.17, 15) is 19.5 Å². The molecule has 2 heterocycles. The molecule has 2 aromatic heterocycles. The largest absolute Gasteiger partial charge is 0.477 e. The van der Waals surface area contributed by atoms with Gasteiger partial charge in [-0.3, -0.25) is 4.79 Å². The summed E-state index contributed by atoms with van der Waals surface area (Å²) < 4.78 is 6.77. The maximum absolute atomic E-state index is 12.8. The number of ether oxygens (including phenoxy) is 1. The Hall–Kier alpha value is -3.16. The molecule has 0 aliphatic rings. The Labute approximate surface area is 194 Å². The van der Waals surface area contributed by atoms with Crippen LogP contribution in [0.1, 0.15) is 46.1 Å². The van der Waals surface area contributed by atoms with Gasteiger partial charge in [0.1, 0.15) is 5.56 Å². The minimum absolute atomic E-state index is 0.239. The second-order valence-electron chi connectivity index (χ2n) is 6.89. The minimum atomic E-state index is -1.33. The predicted octanol–water partition coefficient (Wildman–Crippen LogP) is 4.12. The predicted molar refractivity (Wildman–Crippen MR) is 121 cm³/mol. The highest BCUT2D eigenvalue weighted by molar-refractivity contribution is 6.42. The molecule has 3 rings (SSSR count). The van der Waals surface area contributed by atoms with Crippen molar-refractivity contribution in [2.75, 3.05) is 6.61 Å². The number of H-pyrrole nitrogens is 1. The van der Waals surface area contributed by atoms with Crippen molar-refractivity contribution in [3.63, 3.8) is 0 Å². The molecule has 0 unspecified atom stereocenters. The third-order valence-electron chi connectivity index (χ3n) is 4.84. The van der Waals surface area contributed by atoms with Crippen LogP contribution in [0, 0.1) is 0 Å². The van der Waals surface area contributed by atoms with E-state index in [0.29, 0.717) is 28.5 Å². The number of carboxylic acids is 1. The summed E-state index contributed by atoms with van der Waals surface area (Å²) in [5.41, 5.74) is 1.23. The monoisotopic (exact) mass is 475 g/mol. The van der Waals surface area contributed by atoms with Crippen LogP contribution in [-0.2, 0) is 17.7 Å². The van der Waals surface area contributed by atoms with E-state index in [2.05, 4.69) is 4.98 Å². The molecule has 2 N–H and O–H groups in total. The lowest BCUT2D eigenvalue weighted by atomic mass is 10.0. The number of carbonyl (C=O) groups is 2. The van der Waals surface area contributed by atoms with Crippen molar-refractivity contribution >= 4 is 35.1 Å². The highest BCUT2D eigenvalue weighted by atomic mass is 35.5. The fourth-order valence-electron chi connectivity index (χ4n) is 3.50. The Morgan fingerprint density at radius 2 is 1.84 bits per heavy atom. The van der Waals surface area contributed by atoms with Gasteiger partial charge in [0.15, 0.2) is 11.1 Å². The van der Waals surface area contributed by atoms with Gasteiger partial charge in [0.25, 0.3) is 5.69 Å². The van der Waals surface area contributed by atoms with Gasteiger partial charge < -0.3 is 14.4 Å². The van der Waals surface area contributed by atoms with Crippen molar-refractivity contribution in [2.24, 2.45) is 0 Å². The van der Waals surface area contributed by atoms with Gasteiger partial charge in [-0.05, 0) is 32.0 Å². The van der Waals surface area contributed by atoms with Crippen LogP contribution in [0.15, 0.2) is 47.3 Å². The maximum Gasteiger partial charge on any atom is 0.403 e. The van der Waals surface area contributed by atoms with Gasteiger partial charge in [0.2, 0.25) is 0 Å². The summed E-state index contributed by atoms with van der Waals surface area (Å²) >= 11 is 12.2. The van der Waals surface area contributed by atoms with E-state index < -0.39 is 17.4 Å². The zero-order chi connectivity index (χ0) is 23.4. The fraction of sp³-hybridized carbons (Fsp3) is 0.217. The molecule has 0 saturated heterocycles. The second-order valence-corrected chi connectivity index (χ2v) is 7.70. The number of hydrogen-bond acceptors (Lipinski definition) is 4. The van der Waals surface area contributed by atoms with Gasteiger partial charge in [-0.1, -0.05) is 29.3 Å². The Kier molecular flexibility index (Phi) is 7.33. The number of nitrogens with one attached hydrogen (secondary N) is 1. The average molecular weight is 476 g/mol. The van der Waals surface area contributed by atoms with Crippen LogP contribution in [0.5, 0.6) is 0 Å². The number of aromatic nitrogens is 2. The third kappa shape index (κ3) is 4.84. The topological polar surface area (TPSA) is 99.7 Å². The quantitative estimate of drug-likeness (QED) is 0.518. The number of carbonyl (C=O) groups excluding carboxylic acids is 1. The van der Waals surface area contributed by atoms with Crippen molar-refractivity contribution < 1.29 is 24.4 Å². The fourth-order valence-corrected chi connectivity index (χ4v) is 3.80. The number of esters is 1. The van der Waals surface area contributed by atoms with Gasteiger partial charge in [0.05, 0.1) is 28.8 Å². The van der Waals surface area contributed by atoms with E-state index in [4.69, 9.17) is 27.9 Å². The zero-order valence-corrected chi connectivity index (χ0v) is 19.0. The molecular formula is C23H21Cl2N2O5+. The number of hydrogen-bond donors (Lipinski definition) is 1. The first-order valence-corrected chi connectivity index (χ1v) is 10.7. The molecule has 0 radical (unpaired) electrons. The van der Waals surface area contributed by atoms with E-state index in [0.717, 1.165) is 0 Å². The highest BCUT2D eigenvalue weighted by Crippen LogP contribution is 2.30. The van der Waals surface area contributed by atoms with Crippen LogP contribution in [-0.4, -0.2) is 28.2 Å². The summed E-state index contributed by atoms with van der Waals surface area (Å²) in [4.78, 5) is 39.8. The molecule has 0 atom stereocenters. The summed E-state index contributed by atoms with van der Waals surface area (Å²) in [6.45, 7) is 4.20. The van der Waals surface area contributed by atoms with Crippen LogP contribution in [0.25, 0.3) is 11.3 Å². The molecule has 0 aliphatic carbocycles. The Morgan fingerprint density at radius 1 is 1.09 bits per heavy atom. The second kappa shape index (κ2) is 9.97. The first-order valence-electron chi connectivity index (χ1n) is 9.90. The molecule has 1 aromatic carbocycles. The van der Waals surface area contributed by atoms with Crippen molar-refractivity contribution in [2.45, 2.75) is 26.8 Å². The normalized spacial score (nSPS) is 10.8. The van der Waals surface area contributed by atoms with Crippen LogP contribution < -0.4 is 10.4 Å². The van der Waals surface area contributed by atoms with Crippen molar-refractivity contribution in [1.29, 1.82) is 0 Å². The molecule has 166 valence electrons. The van der Waals surface area contributed by atoms with E-state index in [1.807, 2.05) is 6.92 Å². The lowest BCUT2D eigenvalue weighted by Gasteiger charge is -2.19. The number of benzene rings is 1. The molecule has 0 aliphatic heterocycles. The smallest absolute Gasteiger partial charge is 0.403 e. The van der Waals surface area contributed by atoms with Crippen LogP contribution in [0.4, 0.5) is 0 Å². The molecule has 0 fully saturated rings. The van der Waals surface area contributed by atoms with Gasteiger partial charge in [-0.2, -0.15) is 0 Å². The molecule has 7 nitrogen and oxygen atoms in total. The first-order chi connectivity index (χ1) is 15.3. The standard InChI is InChI=1S/C23H20Cl2N2O5/c1-3-27-15(11-14-6-5-7-18(26-14)23(31)32-4-2)12-19(28)20(22(29)30)21(27)13-8-9-16(24)17(25)10-13/h5-10,12H,3-4,11H2,1-2H3,(H,29,30)/p+1. The first kappa shape index (κ1) is 23.5. The lowest BCUT2D eigenvalue weighted by molar-refractivity contribution is -0.394. The Bertz CT molecular complexity index is 1250. The molecule has 32 heavy (non-hydrogen) atoms. The molecule has 0 spiro atoms. The Balaban J connectivity index is 2.18. The third-order valence-corrected chi connectivity index (χ3v) is 5.58. The molecular weight excluding hydrogens is 455 g/mol.